The molecule has 4 nitrogen and oxygen atoms in total. The average Bonchev–Trinajstić information content (AvgIpc) is 2.17. The number of aliphatic carboxylic acids is 1. The Morgan fingerprint density at radius 3 is 2.57 bits per heavy atom. The minimum absolute atomic E-state index is 0.152. The van der Waals surface area contributed by atoms with Gasteiger partial charge in [0.25, 0.3) is 0 Å². The van der Waals surface area contributed by atoms with Crippen LogP contribution in [0.15, 0.2) is 0 Å². The topological polar surface area (TPSA) is 72.5 Å². The minimum atomic E-state index is -0.848. The van der Waals surface area contributed by atoms with Gasteiger partial charge >= 0.3 is 5.97 Å². The highest BCUT2D eigenvalue weighted by Crippen LogP contribution is 2.19. The van der Waals surface area contributed by atoms with Crippen molar-refractivity contribution in [1.82, 2.24) is 0 Å². The van der Waals surface area contributed by atoms with Crippen LogP contribution in [-0.2, 0) is 9.53 Å². The molecule has 84 valence electrons. The number of carboxylic acid groups (broad SMARTS) is 1. The van der Waals surface area contributed by atoms with Gasteiger partial charge in [-0.2, -0.15) is 0 Å². The number of unbranched alkanes of at least 4 members (excludes halogenated alkanes) is 1. The van der Waals surface area contributed by atoms with E-state index >= 15 is 0 Å². The van der Waals surface area contributed by atoms with Crippen LogP contribution in [0.5, 0.6) is 0 Å². The normalized spacial score (nSPS) is 15.1. The van der Waals surface area contributed by atoms with Crippen molar-refractivity contribution < 1.29 is 14.6 Å². The van der Waals surface area contributed by atoms with Crippen LogP contribution in [0.25, 0.3) is 0 Å². The largest absolute Gasteiger partial charge is 0.481 e. The average molecular weight is 203 g/mol. The van der Waals surface area contributed by atoms with E-state index in [1.165, 1.54) is 0 Å². The SMILES string of the molecule is CCCCOCCC(C)(CN)C(=O)O. The molecule has 0 spiro atoms. The van der Waals surface area contributed by atoms with E-state index in [1.807, 2.05) is 0 Å². The van der Waals surface area contributed by atoms with Crippen LogP contribution in [0.2, 0.25) is 0 Å². The molecule has 0 saturated carbocycles. The van der Waals surface area contributed by atoms with Gasteiger partial charge in [-0.3, -0.25) is 4.79 Å². The molecule has 14 heavy (non-hydrogen) atoms. The summed E-state index contributed by atoms with van der Waals surface area (Å²) in [5.41, 5.74) is 4.57. The number of carbonyl (C=O) groups is 1. The van der Waals surface area contributed by atoms with E-state index in [1.54, 1.807) is 6.92 Å². The van der Waals surface area contributed by atoms with E-state index in [0.29, 0.717) is 19.6 Å². The summed E-state index contributed by atoms with van der Waals surface area (Å²) in [6, 6.07) is 0. The molecule has 3 N–H and O–H groups in total. The molecule has 0 aromatic rings. The summed E-state index contributed by atoms with van der Waals surface area (Å²) in [6.07, 6.45) is 2.59. The van der Waals surface area contributed by atoms with Crippen LogP contribution in [0, 0.1) is 5.41 Å². The van der Waals surface area contributed by atoms with Crippen molar-refractivity contribution >= 4 is 5.97 Å². The Kier molecular flexibility index (Phi) is 6.49. The van der Waals surface area contributed by atoms with Gasteiger partial charge in [0.1, 0.15) is 0 Å². The molecule has 1 atom stereocenters. The number of rotatable bonds is 8. The maximum absolute atomic E-state index is 10.8. The molecule has 0 rings (SSSR count). The molecular formula is C10H21NO3. The van der Waals surface area contributed by atoms with Gasteiger partial charge in [-0.25, -0.2) is 0 Å². The van der Waals surface area contributed by atoms with Crippen LogP contribution < -0.4 is 5.73 Å². The van der Waals surface area contributed by atoms with Gasteiger partial charge in [-0.05, 0) is 19.8 Å². The molecule has 4 heteroatoms. The summed E-state index contributed by atoms with van der Waals surface area (Å²) in [4.78, 5) is 10.8. The fourth-order valence-electron chi connectivity index (χ4n) is 0.942. The lowest BCUT2D eigenvalue weighted by atomic mass is 9.87. The summed E-state index contributed by atoms with van der Waals surface area (Å²) in [5.74, 6) is -0.848. The maximum Gasteiger partial charge on any atom is 0.310 e. The summed E-state index contributed by atoms with van der Waals surface area (Å²) >= 11 is 0. The van der Waals surface area contributed by atoms with E-state index < -0.39 is 11.4 Å². The van der Waals surface area contributed by atoms with E-state index in [-0.39, 0.29) is 6.54 Å². The van der Waals surface area contributed by atoms with E-state index in [9.17, 15) is 4.79 Å². The first-order chi connectivity index (χ1) is 6.56. The van der Waals surface area contributed by atoms with Crippen LogP contribution in [-0.4, -0.2) is 30.8 Å². The molecule has 0 fully saturated rings. The summed E-state index contributed by atoms with van der Waals surface area (Å²) in [7, 11) is 0. The number of hydrogen-bond acceptors (Lipinski definition) is 3. The smallest absolute Gasteiger partial charge is 0.310 e. The Morgan fingerprint density at radius 1 is 1.50 bits per heavy atom. The molecule has 0 bridgehead atoms. The van der Waals surface area contributed by atoms with Crippen LogP contribution in [0.1, 0.15) is 33.1 Å². The van der Waals surface area contributed by atoms with Crippen molar-refractivity contribution in [2.24, 2.45) is 11.1 Å². The zero-order valence-electron chi connectivity index (χ0n) is 9.08. The highest BCUT2D eigenvalue weighted by Gasteiger charge is 2.30. The lowest BCUT2D eigenvalue weighted by Crippen LogP contribution is -2.36. The number of ether oxygens (including phenoxy) is 1. The van der Waals surface area contributed by atoms with Gasteiger partial charge in [0.2, 0.25) is 0 Å². The van der Waals surface area contributed by atoms with E-state index in [2.05, 4.69) is 6.92 Å². The summed E-state index contributed by atoms with van der Waals surface area (Å²) in [5, 5.41) is 8.90. The quantitative estimate of drug-likeness (QED) is 0.582. The first-order valence-corrected chi connectivity index (χ1v) is 5.08. The van der Waals surface area contributed by atoms with E-state index in [0.717, 1.165) is 12.8 Å². The van der Waals surface area contributed by atoms with Gasteiger partial charge in [-0.15, -0.1) is 0 Å². The molecule has 1 unspecified atom stereocenters. The van der Waals surface area contributed by atoms with Gasteiger partial charge in [0.15, 0.2) is 0 Å². The third-order valence-corrected chi connectivity index (χ3v) is 2.41. The number of hydrogen-bond donors (Lipinski definition) is 2. The molecule has 0 saturated heterocycles. The Morgan fingerprint density at radius 2 is 2.14 bits per heavy atom. The second-order valence-corrected chi connectivity index (χ2v) is 3.79. The van der Waals surface area contributed by atoms with Gasteiger partial charge in [-0.1, -0.05) is 13.3 Å². The zero-order chi connectivity index (χ0) is 11.0. The molecule has 0 aliphatic heterocycles. The molecule has 0 aliphatic carbocycles. The Hall–Kier alpha value is -0.610. The molecular weight excluding hydrogens is 182 g/mol. The molecule has 0 aromatic carbocycles. The zero-order valence-corrected chi connectivity index (χ0v) is 9.08. The standard InChI is InChI=1S/C10H21NO3/c1-3-4-6-14-7-5-10(2,8-11)9(12)13/h3-8,11H2,1-2H3,(H,12,13). The monoisotopic (exact) mass is 203 g/mol. The number of carboxylic acids is 1. The molecule has 0 aromatic heterocycles. The van der Waals surface area contributed by atoms with Crippen LogP contribution in [0.4, 0.5) is 0 Å². The lowest BCUT2D eigenvalue weighted by molar-refractivity contribution is -0.148. The van der Waals surface area contributed by atoms with Crippen molar-refractivity contribution in [3.63, 3.8) is 0 Å². The third kappa shape index (κ3) is 4.58. The highest BCUT2D eigenvalue weighted by atomic mass is 16.5. The minimum Gasteiger partial charge on any atom is -0.481 e. The Labute approximate surface area is 85.4 Å². The van der Waals surface area contributed by atoms with Crippen molar-refractivity contribution in [1.29, 1.82) is 0 Å². The van der Waals surface area contributed by atoms with Gasteiger partial charge in [0, 0.05) is 19.8 Å². The number of nitrogens with two attached hydrogens (primary N) is 1. The molecule has 0 amide bonds. The molecule has 0 radical (unpaired) electrons. The fraction of sp³-hybridized carbons (Fsp3) is 0.900. The van der Waals surface area contributed by atoms with Crippen molar-refractivity contribution in [3.05, 3.63) is 0 Å². The second-order valence-electron chi connectivity index (χ2n) is 3.79. The van der Waals surface area contributed by atoms with E-state index in [4.69, 9.17) is 15.6 Å². The molecule has 0 aliphatic rings. The Balaban J connectivity index is 3.68. The fourth-order valence-corrected chi connectivity index (χ4v) is 0.942. The predicted octanol–water partition coefficient (Wildman–Crippen LogP) is 1.24. The maximum atomic E-state index is 10.8. The second kappa shape index (κ2) is 6.79. The first-order valence-electron chi connectivity index (χ1n) is 5.08. The summed E-state index contributed by atoms with van der Waals surface area (Å²) in [6.45, 7) is 5.07. The summed E-state index contributed by atoms with van der Waals surface area (Å²) < 4.78 is 5.30. The van der Waals surface area contributed by atoms with Gasteiger partial charge < -0.3 is 15.6 Å². The van der Waals surface area contributed by atoms with Crippen LogP contribution in [0.3, 0.4) is 0 Å². The first kappa shape index (κ1) is 13.4. The predicted molar refractivity (Wildman–Crippen MR) is 55.1 cm³/mol. The van der Waals surface area contributed by atoms with Gasteiger partial charge in [0.05, 0.1) is 5.41 Å². The van der Waals surface area contributed by atoms with Crippen molar-refractivity contribution in [2.45, 2.75) is 33.1 Å². The third-order valence-electron chi connectivity index (χ3n) is 2.41. The van der Waals surface area contributed by atoms with Crippen LogP contribution >= 0.6 is 0 Å². The van der Waals surface area contributed by atoms with Crippen molar-refractivity contribution in [3.8, 4) is 0 Å². The Bertz CT molecular complexity index is 173. The van der Waals surface area contributed by atoms with Crippen molar-refractivity contribution in [2.75, 3.05) is 19.8 Å². The molecule has 0 heterocycles. The lowest BCUT2D eigenvalue weighted by Gasteiger charge is -2.22. The highest BCUT2D eigenvalue weighted by molar-refractivity contribution is 5.74.